The lowest BCUT2D eigenvalue weighted by molar-refractivity contribution is -0.143. The molecule has 5 heteroatoms. The summed E-state index contributed by atoms with van der Waals surface area (Å²) in [6, 6.07) is 11.3. The van der Waals surface area contributed by atoms with Crippen LogP contribution in [0.15, 0.2) is 30.3 Å². The molecule has 1 aromatic rings. The molecule has 4 aliphatic rings. The molecule has 3 aliphatic heterocycles. The first kappa shape index (κ1) is 21.9. The molecule has 5 nitrogen and oxygen atoms in total. The molecule has 0 aromatic heterocycles. The van der Waals surface area contributed by atoms with Gasteiger partial charge in [0.25, 0.3) is 0 Å². The Balaban J connectivity index is 1.47. The summed E-state index contributed by atoms with van der Waals surface area (Å²) in [6.45, 7) is 6.73. The molecule has 0 spiro atoms. The number of benzene rings is 1. The van der Waals surface area contributed by atoms with E-state index in [1.54, 1.807) is 6.92 Å². The summed E-state index contributed by atoms with van der Waals surface area (Å²) in [5.74, 6) is 0.476. The van der Waals surface area contributed by atoms with Crippen molar-refractivity contribution in [3.05, 3.63) is 35.9 Å². The van der Waals surface area contributed by atoms with Crippen LogP contribution in [0.2, 0.25) is 0 Å². The van der Waals surface area contributed by atoms with Crippen molar-refractivity contribution in [2.45, 2.75) is 95.8 Å². The van der Waals surface area contributed by atoms with Gasteiger partial charge in [0.1, 0.15) is 0 Å². The fraction of sp³-hybridized carbons (Fsp3) is 0.704. The molecule has 3 saturated heterocycles. The SMILES string of the molecule is CC(=O)N1[C@@H](Cc2ccccc2)[C@@H]2C[C@@]3(C)[C@H](CCC[C@@H]13)N2C(=O)CN1CCCCCC1. The van der Waals surface area contributed by atoms with Gasteiger partial charge >= 0.3 is 0 Å². The van der Waals surface area contributed by atoms with Crippen molar-refractivity contribution in [3.8, 4) is 0 Å². The summed E-state index contributed by atoms with van der Waals surface area (Å²) in [7, 11) is 0. The second-order valence-corrected chi connectivity index (χ2v) is 10.9. The molecule has 3 heterocycles. The highest BCUT2D eigenvalue weighted by atomic mass is 16.2. The van der Waals surface area contributed by atoms with Crippen molar-refractivity contribution in [1.82, 2.24) is 14.7 Å². The number of hydrogen-bond donors (Lipinski definition) is 0. The predicted molar refractivity (Wildman–Crippen MR) is 126 cm³/mol. The Bertz CT molecular complexity index is 835. The van der Waals surface area contributed by atoms with Gasteiger partial charge in [-0.1, -0.05) is 50.1 Å². The van der Waals surface area contributed by atoms with E-state index in [-0.39, 0.29) is 35.5 Å². The number of carbonyl (C=O) groups excluding carboxylic acids is 2. The second-order valence-electron chi connectivity index (χ2n) is 10.9. The third kappa shape index (κ3) is 3.76. The van der Waals surface area contributed by atoms with E-state index in [2.05, 4.69) is 45.9 Å². The summed E-state index contributed by atoms with van der Waals surface area (Å²) in [5.41, 5.74) is 1.28. The van der Waals surface area contributed by atoms with Gasteiger partial charge in [0.2, 0.25) is 11.8 Å². The maximum absolute atomic E-state index is 13.9. The van der Waals surface area contributed by atoms with Crippen LogP contribution in [0.25, 0.3) is 0 Å². The first-order chi connectivity index (χ1) is 15.5. The fourth-order valence-electron chi connectivity index (χ4n) is 7.56. The number of fused-ring (bicyclic) bond motifs is 1. The molecule has 2 bridgehead atoms. The largest absolute Gasteiger partial charge is 0.334 e. The maximum atomic E-state index is 13.9. The molecule has 32 heavy (non-hydrogen) atoms. The van der Waals surface area contributed by atoms with E-state index in [1.807, 2.05) is 6.07 Å². The monoisotopic (exact) mass is 437 g/mol. The zero-order chi connectivity index (χ0) is 22.3. The molecule has 5 atom stereocenters. The standard InChI is InChI=1S/C27H39N3O2/c1-20(31)29-22(17-21-11-6-5-7-12-21)23-18-27(2)24(29)13-10-14-25(27)30(23)26(32)19-28-15-8-3-4-9-16-28/h5-7,11-12,22-25H,3-4,8-10,13-19H2,1-2H3/t22-,23-,24+,25-,27+/m0/s1. The van der Waals surface area contributed by atoms with Gasteiger partial charge in [0.15, 0.2) is 0 Å². The van der Waals surface area contributed by atoms with Crippen molar-refractivity contribution in [2.24, 2.45) is 5.41 Å². The van der Waals surface area contributed by atoms with Crippen LogP contribution < -0.4 is 0 Å². The third-order valence-corrected chi connectivity index (χ3v) is 8.95. The number of piperidine rings is 1. The van der Waals surface area contributed by atoms with Gasteiger partial charge in [-0.05, 0) is 63.6 Å². The quantitative estimate of drug-likeness (QED) is 0.718. The van der Waals surface area contributed by atoms with E-state index in [0.29, 0.717) is 12.5 Å². The highest BCUT2D eigenvalue weighted by Crippen LogP contribution is 2.56. The number of nitrogens with zero attached hydrogens (tertiary/aromatic N) is 3. The number of rotatable bonds is 4. The maximum Gasteiger partial charge on any atom is 0.237 e. The van der Waals surface area contributed by atoms with Gasteiger partial charge < -0.3 is 9.80 Å². The summed E-state index contributed by atoms with van der Waals surface area (Å²) in [4.78, 5) is 33.7. The van der Waals surface area contributed by atoms with Crippen LogP contribution in [0.5, 0.6) is 0 Å². The fourth-order valence-corrected chi connectivity index (χ4v) is 7.56. The van der Waals surface area contributed by atoms with Gasteiger partial charge in [-0.3, -0.25) is 14.5 Å². The third-order valence-electron chi connectivity index (χ3n) is 8.95. The van der Waals surface area contributed by atoms with Gasteiger partial charge in [-0.2, -0.15) is 0 Å². The molecule has 1 saturated carbocycles. The number of likely N-dealkylation sites (tertiary alicyclic amines) is 3. The molecule has 5 rings (SSSR count). The summed E-state index contributed by atoms with van der Waals surface area (Å²) in [5, 5.41) is 0. The molecule has 1 aliphatic carbocycles. The smallest absolute Gasteiger partial charge is 0.237 e. The Labute approximate surface area is 193 Å². The molecule has 1 aromatic carbocycles. The highest BCUT2D eigenvalue weighted by Gasteiger charge is 2.64. The van der Waals surface area contributed by atoms with E-state index in [4.69, 9.17) is 0 Å². The Kier molecular flexibility index (Phi) is 6.04. The summed E-state index contributed by atoms with van der Waals surface area (Å²) >= 11 is 0. The first-order valence-corrected chi connectivity index (χ1v) is 12.9. The van der Waals surface area contributed by atoms with Crippen molar-refractivity contribution in [2.75, 3.05) is 19.6 Å². The van der Waals surface area contributed by atoms with E-state index in [1.165, 1.54) is 31.2 Å². The normalized spacial score (nSPS) is 34.9. The van der Waals surface area contributed by atoms with Crippen molar-refractivity contribution in [3.63, 3.8) is 0 Å². The van der Waals surface area contributed by atoms with E-state index in [9.17, 15) is 9.59 Å². The minimum absolute atomic E-state index is 0.0240. The lowest BCUT2D eigenvalue weighted by Crippen LogP contribution is -2.62. The molecule has 174 valence electrons. The second kappa shape index (κ2) is 8.81. The van der Waals surface area contributed by atoms with Gasteiger partial charge in [0.05, 0.1) is 18.6 Å². The molecule has 2 amide bonds. The van der Waals surface area contributed by atoms with E-state index < -0.39 is 0 Å². The number of hydrogen-bond acceptors (Lipinski definition) is 3. The zero-order valence-electron chi connectivity index (χ0n) is 19.8. The minimum Gasteiger partial charge on any atom is -0.334 e. The molecular weight excluding hydrogens is 398 g/mol. The first-order valence-electron chi connectivity index (χ1n) is 12.9. The van der Waals surface area contributed by atoms with E-state index >= 15 is 0 Å². The Morgan fingerprint density at radius 3 is 2.25 bits per heavy atom. The van der Waals surface area contributed by atoms with Crippen LogP contribution in [0.3, 0.4) is 0 Å². The predicted octanol–water partition coefficient (Wildman–Crippen LogP) is 3.86. The van der Waals surface area contributed by atoms with Crippen molar-refractivity contribution < 1.29 is 9.59 Å². The lowest BCUT2D eigenvalue weighted by atomic mass is 9.64. The van der Waals surface area contributed by atoms with Crippen LogP contribution in [0.1, 0.15) is 70.8 Å². The molecule has 0 unspecified atom stereocenters. The average molecular weight is 438 g/mol. The minimum atomic E-state index is 0.0240. The topological polar surface area (TPSA) is 43.9 Å². The van der Waals surface area contributed by atoms with Gasteiger partial charge in [-0.15, -0.1) is 0 Å². The summed E-state index contributed by atoms with van der Waals surface area (Å²) < 4.78 is 0. The number of amides is 2. The van der Waals surface area contributed by atoms with Crippen LogP contribution in [-0.4, -0.2) is 70.3 Å². The summed E-state index contributed by atoms with van der Waals surface area (Å²) in [6.07, 6.45) is 10.1. The van der Waals surface area contributed by atoms with Crippen LogP contribution in [0.4, 0.5) is 0 Å². The molecule has 0 radical (unpaired) electrons. The van der Waals surface area contributed by atoms with Crippen molar-refractivity contribution >= 4 is 11.8 Å². The Hall–Kier alpha value is -1.88. The van der Waals surface area contributed by atoms with Crippen molar-refractivity contribution in [1.29, 1.82) is 0 Å². The zero-order valence-corrected chi connectivity index (χ0v) is 19.8. The van der Waals surface area contributed by atoms with E-state index in [0.717, 1.165) is 45.2 Å². The van der Waals surface area contributed by atoms with Crippen LogP contribution in [0, 0.1) is 5.41 Å². The highest BCUT2D eigenvalue weighted by molar-refractivity contribution is 5.81. The van der Waals surface area contributed by atoms with Gasteiger partial charge in [-0.25, -0.2) is 0 Å². The number of carbonyl (C=O) groups is 2. The van der Waals surface area contributed by atoms with Crippen LogP contribution in [-0.2, 0) is 16.0 Å². The Morgan fingerprint density at radius 1 is 0.938 bits per heavy atom. The van der Waals surface area contributed by atoms with Gasteiger partial charge in [0, 0.05) is 24.4 Å². The molecule has 4 fully saturated rings. The van der Waals surface area contributed by atoms with Crippen LogP contribution >= 0.6 is 0 Å². The molecular formula is C27H39N3O2. The average Bonchev–Trinajstić information content (AvgIpc) is 2.87. The lowest BCUT2D eigenvalue weighted by Gasteiger charge is -2.52. The molecule has 0 N–H and O–H groups in total. The Morgan fingerprint density at radius 2 is 1.59 bits per heavy atom.